The molecule has 3 aromatic rings. The predicted molar refractivity (Wildman–Crippen MR) is 111 cm³/mol. The van der Waals surface area contributed by atoms with E-state index in [-0.39, 0.29) is 5.91 Å². The van der Waals surface area contributed by atoms with Crippen LogP contribution in [0.4, 0.5) is 0 Å². The quantitative estimate of drug-likeness (QED) is 0.286. The van der Waals surface area contributed by atoms with Crippen molar-refractivity contribution in [2.24, 2.45) is 5.10 Å². The van der Waals surface area contributed by atoms with Crippen molar-refractivity contribution in [2.45, 2.75) is 6.92 Å². The Kier molecular flexibility index (Phi) is 6.73. The third-order valence-electron chi connectivity index (χ3n) is 3.91. The van der Waals surface area contributed by atoms with Crippen molar-refractivity contribution < 1.29 is 19.1 Å². The second-order valence-electron chi connectivity index (χ2n) is 5.98. The molecule has 0 spiro atoms. The molecule has 0 aliphatic rings. The van der Waals surface area contributed by atoms with Gasteiger partial charge in [0.05, 0.1) is 18.4 Å². The maximum absolute atomic E-state index is 12.2. The van der Waals surface area contributed by atoms with Crippen LogP contribution in [0.5, 0.6) is 11.5 Å². The first-order valence-electron chi connectivity index (χ1n) is 9.09. The van der Waals surface area contributed by atoms with Crippen molar-refractivity contribution in [3.63, 3.8) is 0 Å². The van der Waals surface area contributed by atoms with Crippen LogP contribution in [-0.4, -0.2) is 24.7 Å². The topological polar surface area (TPSA) is 77.0 Å². The lowest BCUT2D eigenvalue weighted by atomic mass is 10.2. The van der Waals surface area contributed by atoms with E-state index >= 15 is 0 Å². The van der Waals surface area contributed by atoms with E-state index in [1.807, 2.05) is 13.0 Å². The molecule has 0 saturated heterocycles. The van der Waals surface area contributed by atoms with Crippen LogP contribution in [0.15, 0.2) is 84.0 Å². The summed E-state index contributed by atoms with van der Waals surface area (Å²) >= 11 is 0. The molecule has 0 unspecified atom stereocenters. The monoisotopic (exact) mass is 388 g/mol. The normalized spacial score (nSPS) is 10.5. The van der Waals surface area contributed by atoms with Crippen molar-refractivity contribution >= 4 is 18.1 Å². The third-order valence-corrected chi connectivity index (χ3v) is 3.91. The molecule has 1 amide bonds. The molecule has 0 fully saturated rings. The van der Waals surface area contributed by atoms with Gasteiger partial charge < -0.3 is 9.47 Å². The van der Waals surface area contributed by atoms with Gasteiger partial charge >= 0.3 is 5.97 Å². The van der Waals surface area contributed by atoms with E-state index < -0.39 is 5.97 Å². The number of amides is 1. The number of hydrogen-bond donors (Lipinski definition) is 1. The molecule has 0 aliphatic carbocycles. The minimum absolute atomic E-state index is 0.289. The van der Waals surface area contributed by atoms with E-state index in [2.05, 4.69) is 10.5 Å². The van der Waals surface area contributed by atoms with Gasteiger partial charge in [0.1, 0.15) is 11.5 Å². The van der Waals surface area contributed by atoms with E-state index in [0.717, 1.165) is 5.56 Å². The summed E-state index contributed by atoms with van der Waals surface area (Å²) in [5, 5.41) is 3.94. The number of carbonyl (C=O) groups is 2. The van der Waals surface area contributed by atoms with E-state index in [0.29, 0.717) is 29.2 Å². The van der Waals surface area contributed by atoms with Crippen LogP contribution in [0, 0.1) is 0 Å². The molecule has 0 aromatic heterocycles. The first kappa shape index (κ1) is 19.8. The Hall–Kier alpha value is -3.93. The summed E-state index contributed by atoms with van der Waals surface area (Å²) in [4.78, 5) is 24.1. The zero-order valence-corrected chi connectivity index (χ0v) is 15.9. The molecular weight excluding hydrogens is 368 g/mol. The molecule has 3 rings (SSSR count). The van der Waals surface area contributed by atoms with Gasteiger partial charge in [-0.3, -0.25) is 4.79 Å². The van der Waals surface area contributed by atoms with Crippen LogP contribution in [0.2, 0.25) is 0 Å². The van der Waals surface area contributed by atoms with Gasteiger partial charge in [-0.1, -0.05) is 18.2 Å². The second-order valence-corrected chi connectivity index (χ2v) is 5.98. The number of ether oxygens (including phenoxy) is 2. The number of hydrazone groups is 1. The van der Waals surface area contributed by atoms with Crippen LogP contribution in [0.1, 0.15) is 33.2 Å². The highest BCUT2D eigenvalue weighted by Crippen LogP contribution is 2.16. The van der Waals surface area contributed by atoms with Gasteiger partial charge in [-0.05, 0) is 73.2 Å². The highest BCUT2D eigenvalue weighted by Gasteiger charge is 2.09. The molecule has 6 heteroatoms. The molecule has 0 aliphatic heterocycles. The number of rotatable bonds is 7. The van der Waals surface area contributed by atoms with Crippen molar-refractivity contribution in [3.8, 4) is 11.5 Å². The number of nitrogens with zero attached hydrogens (tertiary/aromatic N) is 1. The van der Waals surface area contributed by atoms with Crippen molar-refractivity contribution in [2.75, 3.05) is 6.61 Å². The Balaban J connectivity index is 1.54. The zero-order valence-electron chi connectivity index (χ0n) is 15.9. The largest absolute Gasteiger partial charge is 0.494 e. The van der Waals surface area contributed by atoms with E-state index in [1.165, 1.54) is 6.21 Å². The molecule has 3 aromatic carbocycles. The second kappa shape index (κ2) is 9.85. The van der Waals surface area contributed by atoms with Gasteiger partial charge in [-0.2, -0.15) is 5.10 Å². The Morgan fingerprint density at radius 2 is 1.52 bits per heavy atom. The molecule has 0 saturated carbocycles. The van der Waals surface area contributed by atoms with Crippen molar-refractivity contribution in [1.82, 2.24) is 5.43 Å². The summed E-state index contributed by atoms with van der Waals surface area (Å²) in [5.41, 5.74) is 4.18. The zero-order chi connectivity index (χ0) is 20.5. The van der Waals surface area contributed by atoms with Crippen LogP contribution in [0.3, 0.4) is 0 Å². The lowest BCUT2D eigenvalue weighted by Crippen LogP contribution is -2.17. The number of carbonyl (C=O) groups excluding carboxylic acids is 2. The molecule has 0 bridgehead atoms. The average molecular weight is 388 g/mol. The molecule has 1 N–H and O–H groups in total. The fourth-order valence-corrected chi connectivity index (χ4v) is 2.46. The molecule has 0 heterocycles. The molecule has 6 nitrogen and oxygen atoms in total. The highest BCUT2D eigenvalue weighted by atomic mass is 16.5. The Morgan fingerprint density at radius 1 is 0.862 bits per heavy atom. The minimum Gasteiger partial charge on any atom is -0.494 e. The summed E-state index contributed by atoms with van der Waals surface area (Å²) in [5.74, 6) is 0.369. The Morgan fingerprint density at radius 3 is 2.17 bits per heavy atom. The molecule has 29 heavy (non-hydrogen) atoms. The lowest BCUT2D eigenvalue weighted by molar-refractivity contribution is 0.0734. The highest BCUT2D eigenvalue weighted by molar-refractivity contribution is 5.95. The maximum Gasteiger partial charge on any atom is 0.343 e. The van der Waals surface area contributed by atoms with Gasteiger partial charge in [0.25, 0.3) is 5.91 Å². The first-order chi connectivity index (χ1) is 14.2. The average Bonchev–Trinajstić information content (AvgIpc) is 2.76. The van der Waals surface area contributed by atoms with Crippen molar-refractivity contribution in [1.29, 1.82) is 0 Å². The van der Waals surface area contributed by atoms with Crippen LogP contribution in [-0.2, 0) is 0 Å². The fourth-order valence-electron chi connectivity index (χ4n) is 2.46. The summed E-state index contributed by atoms with van der Waals surface area (Å²) in [7, 11) is 0. The summed E-state index contributed by atoms with van der Waals surface area (Å²) in [6.07, 6.45) is 1.51. The van der Waals surface area contributed by atoms with Gasteiger partial charge in [0, 0.05) is 5.56 Å². The standard InChI is InChI=1S/C23H20N2O4/c1-2-28-20-14-10-19(11-15-20)23(27)29-21-12-8-17(9-13-21)16-24-25-22(26)18-6-4-3-5-7-18/h3-16H,2H2,1H3,(H,25,26). The predicted octanol–water partition coefficient (Wildman–Crippen LogP) is 4.07. The van der Waals surface area contributed by atoms with Crippen LogP contribution < -0.4 is 14.9 Å². The summed E-state index contributed by atoms with van der Waals surface area (Å²) < 4.78 is 10.7. The molecular formula is C23H20N2O4. The molecule has 146 valence electrons. The SMILES string of the molecule is CCOc1ccc(C(=O)Oc2ccc(C=NNC(=O)c3ccccc3)cc2)cc1. The van der Waals surface area contributed by atoms with Gasteiger partial charge in [0.15, 0.2) is 0 Å². The molecule has 0 radical (unpaired) electrons. The summed E-state index contributed by atoms with van der Waals surface area (Å²) in [6.45, 7) is 2.46. The maximum atomic E-state index is 12.2. The Bertz CT molecular complexity index is 982. The fraction of sp³-hybridized carbons (Fsp3) is 0.0870. The number of esters is 1. The first-order valence-corrected chi connectivity index (χ1v) is 9.09. The van der Waals surface area contributed by atoms with Crippen LogP contribution in [0.25, 0.3) is 0 Å². The molecule has 0 atom stereocenters. The number of benzene rings is 3. The van der Waals surface area contributed by atoms with E-state index in [4.69, 9.17) is 9.47 Å². The van der Waals surface area contributed by atoms with Gasteiger partial charge in [-0.25, -0.2) is 10.2 Å². The van der Waals surface area contributed by atoms with Crippen molar-refractivity contribution in [3.05, 3.63) is 95.6 Å². The Labute approximate surface area is 168 Å². The van der Waals surface area contributed by atoms with E-state index in [1.54, 1.807) is 72.8 Å². The third kappa shape index (κ3) is 5.77. The van der Waals surface area contributed by atoms with Gasteiger partial charge in [0.2, 0.25) is 0 Å². The van der Waals surface area contributed by atoms with Crippen LogP contribution >= 0.6 is 0 Å². The van der Waals surface area contributed by atoms with Gasteiger partial charge in [-0.15, -0.1) is 0 Å². The minimum atomic E-state index is -0.454. The lowest BCUT2D eigenvalue weighted by Gasteiger charge is -2.06. The number of nitrogens with one attached hydrogen (secondary N) is 1. The summed E-state index contributed by atoms with van der Waals surface area (Å²) in [6, 6.07) is 22.4. The number of hydrogen-bond acceptors (Lipinski definition) is 5. The van der Waals surface area contributed by atoms with E-state index in [9.17, 15) is 9.59 Å². The smallest absolute Gasteiger partial charge is 0.343 e.